The van der Waals surface area contributed by atoms with Crippen molar-refractivity contribution in [2.24, 2.45) is 0 Å². The highest BCUT2D eigenvalue weighted by Gasteiger charge is 2.25. The normalized spacial score (nSPS) is 12.0. The van der Waals surface area contributed by atoms with Crippen LogP contribution < -0.4 is 14.8 Å². The van der Waals surface area contributed by atoms with Gasteiger partial charge in [0, 0.05) is 26.0 Å². The first-order valence-electron chi connectivity index (χ1n) is 12.9. The van der Waals surface area contributed by atoms with Crippen LogP contribution in [-0.2, 0) is 16.0 Å². The summed E-state index contributed by atoms with van der Waals surface area (Å²) in [5.74, 6) is 0.0343. The number of ether oxygens (including phenoxy) is 3. The molecule has 0 saturated heterocycles. The van der Waals surface area contributed by atoms with Gasteiger partial charge in [-0.3, -0.25) is 0 Å². The number of hydrogen-bond acceptors (Lipinski definition) is 5. The molecule has 0 fully saturated rings. The second kappa shape index (κ2) is 16.5. The lowest BCUT2D eigenvalue weighted by Crippen LogP contribution is -2.38. The average Bonchev–Trinajstić information content (AvgIpc) is 2.89. The molecule has 0 aliphatic heterocycles. The van der Waals surface area contributed by atoms with E-state index < -0.39 is 24.7 Å². The van der Waals surface area contributed by atoms with Gasteiger partial charge in [0.2, 0.25) is 0 Å². The van der Waals surface area contributed by atoms with E-state index in [0.29, 0.717) is 49.6 Å². The molecule has 0 bridgehead atoms. The number of halogens is 3. The highest BCUT2D eigenvalue weighted by Crippen LogP contribution is 2.24. The SMILES string of the molecule is CCOC(Cc1ccc(OCCN(CCCCCCC(F)(F)F)C(=O)Nc2ccccc2OC)cc1)C(=O)O. The molecule has 11 heteroatoms. The summed E-state index contributed by atoms with van der Waals surface area (Å²) in [4.78, 5) is 25.9. The molecule has 0 radical (unpaired) electrons. The zero-order chi connectivity index (χ0) is 28.7. The van der Waals surface area contributed by atoms with E-state index in [9.17, 15) is 27.9 Å². The minimum absolute atomic E-state index is 0.0633. The van der Waals surface area contributed by atoms with Gasteiger partial charge in [0.05, 0.1) is 19.3 Å². The maximum absolute atomic E-state index is 13.0. The van der Waals surface area contributed by atoms with Crippen molar-refractivity contribution in [1.29, 1.82) is 0 Å². The lowest BCUT2D eigenvalue weighted by Gasteiger charge is -2.24. The quantitative estimate of drug-likeness (QED) is 0.228. The number of anilines is 1. The van der Waals surface area contributed by atoms with E-state index in [-0.39, 0.29) is 32.0 Å². The zero-order valence-corrected chi connectivity index (χ0v) is 22.3. The van der Waals surface area contributed by atoms with Gasteiger partial charge in [0.25, 0.3) is 0 Å². The summed E-state index contributed by atoms with van der Waals surface area (Å²) in [6, 6.07) is 13.6. The van der Waals surface area contributed by atoms with Crippen LogP contribution in [0.1, 0.15) is 44.6 Å². The van der Waals surface area contributed by atoms with E-state index in [4.69, 9.17) is 14.2 Å². The van der Waals surface area contributed by atoms with Crippen LogP contribution >= 0.6 is 0 Å². The number of alkyl halides is 3. The van der Waals surface area contributed by atoms with Crippen LogP contribution in [0.15, 0.2) is 48.5 Å². The Kier molecular flexibility index (Phi) is 13.4. The first-order valence-corrected chi connectivity index (χ1v) is 12.9. The molecule has 1 atom stereocenters. The Morgan fingerprint density at radius 3 is 2.33 bits per heavy atom. The third kappa shape index (κ3) is 12.3. The van der Waals surface area contributed by atoms with Crippen molar-refractivity contribution in [1.82, 2.24) is 4.90 Å². The molecule has 2 rings (SSSR count). The standard InChI is InChI=1S/C28H37F3N2O6/c1-3-38-25(26(34)35)20-21-12-14-22(15-13-21)39-19-18-33(17-9-5-4-8-16-28(29,30)31)27(36)32-23-10-6-7-11-24(23)37-2/h6-7,10-15,25H,3-5,8-9,16-20H2,1-2H3,(H,32,36)(H,34,35). The Bertz CT molecular complexity index is 1020. The number of aliphatic carboxylic acids is 1. The van der Waals surface area contributed by atoms with Crippen LogP contribution in [0.25, 0.3) is 0 Å². The van der Waals surface area contributed by atoms with Crippen LogP contribution in [0, 0.1) is 0 Å². The number of urea groups is 1. The molecule has 2 N–H and O–H groups in total. The molecule has 2 aromatic rings. The zero-order valence-electron chi connectivity index (χ0n) is 22.3. The van der Waals surface area contributed by atoms with Crippen molar-refractivity contribution in [3.63, 3.8) is 0 Å². The van der Waals surface area contributed by atoms with E-state index in [2.05, 4.69) is 5.32 Å². The Balaban J connectivity index is 1.93. The molecule has 2 amide bonds. The van der Waals surface area contributed by atoms with Crippen molar-refractivity contribution >= 4 is 17.7 Å². The topological polar surface area (TPSA) is 97.3 Å². The molecular formula is C28H37F3N2O6. The second-order valence-electron chi connectivity index (χ2n) is 8.88. The Morgan fingerprint density at radius 1 is 1.00 bits per heavy atom. The molecule has 2 aromatic carbocycles. The first-order chi connectivity index (χ1) is 18.6. The number of nitrogens with zero attached hydrogens (tertiary/aromatic N) is 1. The molecule has 8 nitrogen and oxygen atoms in total. The van der Waals surface area contributed by atoms with Gasteiger partial charge in [-0.1, -0.05) is 37.1 Å². The van der Waals surface area contributed by atoms with Crippen molar-refractivity contribution in [2.45, 2.75) is 57.7 Å². The third-order valence-electron chi connectivity index (χ3n) is 5.89. The number of carbonyl (C=O) groups is 2. The summed E-state index contributed by atoms with van der Waals surface area (Å²) in [6.07, 6.45) is -4.05. The van der Waals surface area contributed by atoms with E-state index in [1.54, 1.807) is 60.4 Å². The van der Waals surface area contributed by atoms with Crippen molar-refractivity contribution in [2.75, 3.05) is 38.7 Å². The van der Waals surface area contributed by atoms with Gasteiger partial charge in [-0.05, 0) is 49.6 Å². The number of unbranched alkanes of at least 4 members (excludes halogenated alkanes) is 3. The molecule has 0 saturated carbocycles. The van der Waals surface area contributed by atoms with Gasteiger partial charge in [0.1, 0.15) is 18.1 Å². The van der Waals surface area contributed by atoms with Gasteiger partial charge < -0.3 is 29.5 Å². The first kappa shape index (κ1) is 31.7. The largest absolute Gasteiger partial charge is 0.495 e. The Hall–Kier alpha value is -3.47. The summed E-state index contributed by atoms with van der Waals surface area (Å²) in [6.45, 7) is 2.82. The van der Waals surface area contributed by atoms with Crippen LogP contribution in [0.2, 0.25) is 0 Å². The molecule has 0 aliphatic carbocycles. The number of para-hydroxylation sites is 2. The van der Waals surface area contributed by atoms with Gasteiger partial charge in [-0.2, -0.15) is 13.2 Å². The minimum Gasteiger partial charge on any atom is -0.495 e. The van der Waals surface area contributed by atoms with E-state index in [1.807, 2.05) is 0 Å². The molecule has 1 unspecified atom stereocenters. The molecule has 0 aromatic heterocycles. The highest BCUT2D eigenvalue weighted by atomic mass is 19.4. The van der Waals surface area contributed by atoms with E-state index in [1.165, 1.54) is 7.11 Å². The summed E-state index contributed by atoms with van der Waals surface area (Å²) in [7, 11) is 1.50. The maximum Gasteiger partial charge on any atom is 0.389 e. The van der Waals surface area contributed by atoms with Crippen LogP contribution in [0.5, 0.6) is 11.5 Å². The summed E-state index contributed by atoms with van der Waals surface area (Å²) >= 11 is 0. The number of methoxy groups -OCH3 is 1. The predicted octanol–water partition coefficient (Wildman–Crippen LogP) is 6.15. The lowest BCUT2D eigenvalue weighted by molar-refractivity contribution is -0.150. The van der Waals surface area contributed by atoms with Gasteiger partial charge in [-0.25, -0.2) is 9.59 Å². The van der Waals surface area contributed by atoms with Crippen molar-refractivity contribution in [3.05, 3.63) is 54.1 Å². The van der Waals surface area contributed by atoms with Crippen LogP contribution in [-0.4, -0.2) is 67.7 Å². The van der Waals surface area contributed by atoms with Crippen molar-refractivity contribution in [3.8, 4) is 11.5 Å². The average molecular weight is 555 g/mol. The number of carboxylic acid groups (broad SMARTS) is 1. The van der Waals surface area contributed by atoms with Gasteiger partial charge in [-0.15, -0.1) is 0 Å². The number of nitrogens with one attached hydrogen (secondary N) is 1. The number of amides is 2. The number of benzene rings is 2. The second-order valence-corrected chi connectivity index (χ2v) is 8.88. The molecule has 0 aliphatic rings. The third-order valence-corrected chi connectivity index (χ3v) is 5.89. The van der Waals surface area contributed by atoms with Crippen LogP contribution in [0.4, 0.5) is 23.7 Å². The summed E-state index contributed by atoms with van der Waals surface area (Å²) in [5, 5.41) is 12.1. The molecule has 216 valence electrons. The molecule has 39 heavy (non-hydrogen) atoms. The maximum atomic E-state index is 13.0. The van der Waals surface area contributed by atoms with E-state index in [0.717, 1.165) is 5.56 Å². The fourth-order valence-electron chi connectivity index (χ4n) is 3.87. The fourth-order valence-corrected chi connectivity index (χ4v) is 3.87. The Morgan fingerprint density at radius 2 is 1.69 bits per heavy atom. The molecule has 0 spiro atoms. The monoisotopic (exact) mass is 554 g/mol. The summed E-state index contributed by atoms with van der Waals surface area (Å²) < 4.78 is 53.5. The number of hydrogen-bond donors (Lipinski definition) is 2. The van der Waals surface area contributed by atoms with Crippen molar-refractivity contribution < 1.29 is 42.1 Å². The molecular weight excluding hydrogens is 517 g/mol. The minimum atomic E-state index is -4.16. The summed E-state index contributed by atoms with van der Waals surface area (Å²) in [5.41, 5.74) is 1.29. The lowest BCUT2D eigenvalue weighted by atomic mass is 10.1. The van der Waals surface area contributed by atoms with E-state index >= 15 is 0 Å². The van der Waals surface area contributed by atoms with Crippen LogP contribution in [0.3, 0.4) is 0 Å². The smallest absolute Gasteiger partial charge is 0.389 e. The number of carbonyl (C=O) groups excluding carboxylic acids is 1. The van der Waals surface area contributed by atoms with Gasteiger partial charge in [0.15, 0.2) is 6.10 Å². The fraction of sp³-hybridized carbons (Fsp3) is 0.500. The predicted molar refractivity (Wildman–Crippen MR) is 141 cm³/mol. The number of carboxylic acids is 1. The van der Waals surface area contributed by atoms with Gasteiger partial charge >= 0.3 is 18.2 Å². The molecule has 0 heterocycles. The number of rotatable bonds is 17. The Labute approximate surface area is 227 Å². The highest BCUT2D eigenvalue weighted by molar-refractivity contribution is 5.91.